The number of hydrogen-bond acceptors (Lipinski definition) is 2. The topological polar surface area (TPSA) is 29.3 Å². The first kappa shape index (κ1) is 11.2. The minimum atomic E-state index is -0.191. The van der Waals surface area contributed by atoms with Crippen LogP contribution < -0.4 is 5.73 Å². The molecule has 3 fully saturated rings. The number of fused-ring (bicyclic) bond motifs is 3. The lowest BCUT2D eigenvalue weighted by Crippen LogP contribution is -2.66. The van der Waals surface area contributed by atoms with Gasteiger partial charge >= 0.3 is 0 Å². The zero-order valence-electron chi connectivity index (χ0n) is 10.2. The van der Waals surface area contributed by atoms with E-state index < -0.39 is 0 Å². The Morgan fingerprint density at radius 1 is 1.35 bits per heavy atom. The molecule has 0 amide bonds. The van der Waals surface area contributed by atoms with E-state index in [0.29, 0.717) is 5.92 Å². The Morgan fingerprint density at radius 3 is 2.65 bits per heavy atom. The predicted octanol–water partition coefficient (Wildman–Crippen LogP) is 2.09. The van der Waals surface area contributed by atoms with Crippen LogP contribution in [0.15, 0.2) is 24.3 Å². The molecule has 92 valence electrons. The maximum absolute atomic E-state index is 13.4. The normalized spacial score (nSPS) is 40.5. The van der Waals surface area contributed by atoms with Crippen molar-refractivity contribution in [1.29, 1.82) is 0 Å². The summed E-state index contributed by atoms with van der Waals surface area (Å²) in [6.45, 7) is 4.34. The van der Waals surface area contributed by atoms with Crippen LogP contribution in [0, 0.1) is 11.7 Å². The van der Waals surface area contributed by atoms with Gasteiger partial charge in [0.05, 0.1) is 5.54 Å². The van der Waals surface area contributed by atoms with Crippen molar-refractivity contribution in [2.24, 2.45) is 11.7 Å². The third kappa shape index (κ3) is 1.53. The minimum Gasteiger partial charge on any atom is -0.326 e. The highest BCUT2D eigenvalue weighted by molar-refractivity contribution is 5.29. The zero-order chi connectivity index (χ0) is 12.0. The molecule has 17 heavy (non-hydrogen) atoms. The predicted molar refractivity (Wildman–Crippen MR) is 66.0 cm³/mol. The molecule has 1 aromatic carbocycles. The minimum absolute atomic E-state index is 0.117. The van der Waals surface area contributed by atoms with E-state index in [1.165, 1.54) is 18.9 Å². The first-order valence-electron chi connectivity index (χ1n) is 6.39. The maximum Gasteiger partial charge on any atom is 0.123 e. The van der Waals surface area contributed by atoms with Gasteiger partial charge < -0.3 is 5.73 Å². The van der Waals surface area contributed by atoms with Gasteiger partial charge in [0, 0.05) is 6.04 Å². The van der Waals surface area contributed by atoms with Crippen LogP contribution in [0.25, 0.3) is 0 Å². The number of hydrogen-bond donors (Lipinski definition) is 1. The fourth-order valence-electron chi connectivity index (χ4n) is 3.57. The van der Waals surface area contributed by atoms with Crippen molar-refractivity contribution in [2.45, 2.75) is 31.3 Å². The third-order valence-corrected chi connectivity index (χ3v) is 4.76. The van der Waals surface area contributed by atoms with Gasteiger partial charge in [-0.3, -0.25) is 4.90 Å². The molecule has 2 bridgehead atoms. The van der Waals surface area contributed by atoms with E-state index >= 15 is 0 Å². The van der Waals surface area contributed by atoms with Crippen molar-refractivity contribution in [3.8, 4) is 0 Å². The molecule has 2 N–H and O–H groups in total. The van der Waals surface area contributed by atoms with E-state index in [1.807, 2.05) is 6.07 Å². The first-order valence-corrected chi connectivity index (χ1v) is 6.39. The Kier molecular flexibility index (Phi) is 2.49. The molecule has 4 rings (SSSR count). The fraction of sp³-hybridized carbons (Fsp3) is 0.571. The van der Waals surface area contributed by atoms with Crippen LogP contribution in [0.5, 0.6) is 0 Å². The fourth-order valence-corrected chi connectivity index (χ4v) is 3.57. The van der Waals surface area contributed by atoms with E-state index in [-0.39, 0.29) is 17.4 Å². The lowest BCUT2D eigenvalue weighted by atomic mass is 9.68. The van der Waals surface area contributed by atoms with E-state index in [2.05, 4.69) is 11.8 Å². The summed E-state index contributed by atoms with van der Waals surface area (Å²) in [7, 11) is 0. The van der Waals surface area contributed by atoms with Crippen LogP contribution in [-0.4, -0.2) is 24.0 Å². The van der Waals surface area contributed by atoms with Gasteiger partial charge in [0.1, 0.15) is 5.82 Å². The van der Waals surface area contributed by atoms with Gasteiger partial charge in [-0.15, -0.1) is 0 Å². The molecule has 3 saturated heterocycles. The molecule has 2 atom stereocenters. The highest BCUT2D eigenvalue weighted by atomic mass is 19.1. The molecule has 0 spiro atoms. The van der Waals surface area contributed by atoms with Gasteiger partial charge in [-0.05, 0) is 56.5 Å². The number of rotatable bonds is 1. The number of halogens is 1. The summed E-state index contributed by atoms with van der Waals surface area (Å²) < 4.78 is 13.4. The largest absolute Gasteiger partial charge is 0.326 e. The summed E-state index contributed by atoms with van der Waals surface area (Å²) >= 11 is 0. The summed E-state index contributed by atoms with van der Waals surface area (Å²) in [5.74, 6) is 0.423. The Bertz CT molecular complexity index is 422. The second-order valence-corrected chi connectivity index (χ2v) is 5.51. The number of benzene rings is 1. The van der Waals surface area contributed by atoms with E-state index in [4.69, 9.17) is 5.73 Å². The van der Waals surface area contributed by atoms with Crippen molar-refractivity contribution < 1.29 is 4.39 Å². The number of nitrogens with zero attached hydrogens (tertiary/aromatic N) is 1. The standard InChI is InChI=1S/C14H19FN2/c1-14(11-3-2-4-12(15)9-11)13(16)10-5-7-17(14)8-6-10/h2-4,9-10,13H,5-8,16H2,1H3. The highest BCUT2D eigenvalue weighted by Crippen LogP contribution is 2.44. The third-order valence-electron chi connectivity index (χ3n) is 4.76. The molecule has 0 aliphatic carbocycles. The lowest BCUT2D eigenvalue weighted by molar-refractivity contribution is -0.0419. The lowest BCUT2D eigenvalue weighted by Gasteiger charge is -2.57. The van der Waals surface area contributed by atoms with Crippen LogP contribution in [0.4, 0.5) is 4.39 Å². The summed E-state index contributed by atoms with van der Waals surface area (Å²) in [6, 6.07) is 7.04. The van der Waals surface area contributed by atoms with Crippen LogP contribution in [0.1, 0.15) is 25.3 Å². The molecule has 0 aromatic heterocycles. The number of nitrogens with two attached hydrogens (primary N) is 1. The van der Waals surface area contributed by atoms with Gasteiger partial charge in [-0.25, -0.2) is 4.39 Å². The summed E-state index contributed by atoms with van der Waals surface area (Å²) in [4.78, 5) is 2.42. The Morgan fingerprint density at radius 2 is 2.06 bits per heavy atom. The molecule has 0 saturated carbocycles. The molecular formula is C14H19FN2. The average Bonchev–Trinajstić information content (AvgIpc) is 2.36. The summed E-state index contributed by atoms with van der Waals surface area (Å²) in [6.07, 6.45) is 2.37. The van der Waals surface area contributed by atoms with Crippen molar-refractivity contribution in [1.82, 2.24) is 4.90 Å². The van der Waals surface area contributed by atoms with Crippen molar-refractivity contribution in [3.63, 3.8) is 0 Å². The van der Waals surface area contributed by atoms with E-state index in [0.717, 1.165) is 18.7 Å². The van der Waals surface area contributed by atoms with Gasteiger partial charge in [0.15, 0.2) is 0 Å². The van der Waals surface area contributed by atoms with Gasteiger partial charge in [-0.1, -0.05) is 12.1 Å². The Balaban J connectivity index is 2.05. The quantitative estimate of drug-likeness (QED) is 0.806. The first-order chi connectivity index (χ1) is 8.12. The molecule has 2 nitrogen and oxygen atoms in total. The summed E-state index contributed by atoms with van der Waals surface area (Å²) in [5, 5.41) is 0. The Hall–Kier alpha value is -0.930. The van der Waals surface area contributed by atoms with Crippen LogP contribution >= 0.6 is 0 Å². The molecule has 2 unspecified atom stereocenters. The molecular weight excluding hydrogens is 215 g/mol. The van der Waals surface area contributed by atoms with Crippen LogP contribution in [0.3, 0.4) is 0 Å². The smallest absolute Gasteiger partial charge is 0.123 e. The molecule has 0 radical (unpaired) electrons. The van der Waals surface area contributed by atoms with E-state index in [9.17, 15) is 4.39 Å². The molecule has 3 aliphatic heterocycles. The SMILES string of the molecule is CC1(c2cccc(F)c2)C(N)C2CCN1CC2. The molecule has 1 aromatic rings. The highest BCUT2D eigenvalue weighted by Gasteiger charge is 2.49. The number of piperidine rings is 3. The molecule has 3 heterocycles. The second-order valence-electron chi connectivity index (χ2n) is 5.51. The van der Waals surface area contributed by atoms with Crippen molar-refractivity contribution in [2.75, 3.05) is 13.1 Å². The Labute approximate surface area is 102 Å². The van der Waals surface area contributed by atoms with Crippen molar-refractivity contribution >= 4 is 0 Å². The average molecular weight is 234 g/mol. The van der Waals surface area contributed by atoms with E-state index in [1.54, 1.807) is 12.1 Å². The van der Waals surface area contributed by atoms with Gasteiger partial charge in [-0.2, -0.15) is 0 Å². The molecule has 3 heteroatoms. The van der Waals surface area contributed by atoms with Gasteiger partial charge in [0.25, 0.3) is 0 Å². The molecule has 3 aliphatic rings. The monoisotopic (exact) mass is 234 g/mol. The van der Waals surface area contributed by atoms with Crippen LogP contribution in [0.2, 0.25) is 0 Å². The second kappa shape index (κ2) is 3.79. The van der Waals surface area contributed by atoms with Gasteiger partial charge in [0.2, 0.25) is 0 Å². The zero-order valence-corrected chi connectivity index (χ0v) is 10.2. The van der Waals surface area contributed by atoms with Crippen molar-refractivity contribution in [3.05, 3.63) is 35.6 Å². The summed E-state index contributed by atoms with van der Waals surface area (Å²) in [5.41, 5.74) is 7.25. The maximum atomic E-state index is 13.4. The van der Waals surface area contributed by atoms with Crippen LogP contribution in [-0.2, 0) is 5.54 Å².